The topological polar surface area (TPSA) is 50.4 Å². The Hall–Kier alpha value is -1.55. The van der Waals surface area contributed by atoms with Crippen molar-refractivity contribution in [2.75, 3.05) is 31.6 Å². The van der Waals surface area contributed by atoms with Crippen LogP contribution >= 0.6 is 0 Å². The fraction of sp³-hybridized carbons (Fsp3) is 0.562. The van der Waals surface area contributed by atoms with Crippen LogP contribution in [0, 0.1) is 0 Å². The monoisotopic (exact) mass is 278 g/mol. The number of unbranched alkanes of at least 4 members (excludes halogenated alkanes) is 1. The van der Waals surface area contributed by atoms with Gasteiger partial charge < -0.3 is 15.4 Å². The van der Waals surface area contributed by atoms with Crippen LogP contribution in [-0.2, 0) is 4.74 Å². The molecule has 0 atom stereocenters. The van der Waals surface area contributed by atoms with E-state index in [-0.39, 0.29) is 5.91 Å². The van der Waals surface area contributed by atoms with Gasteiger partial charge in [0.2, 0.25) is 0 Å². The maximum atomic E-state index is 11.9. The highest BCUT2D eigenvalue weighted by Crippen LogP contribution is 2.09. The lowest BCUT2D eigenvalue weighted by molar-refractivity contribution is 0.0913. The SMILES string of the molecule is CCCCOCCNC(=O)c1ccc(NCCC)cc1. The molecule has 0 aliphatic rings. The molecule has 0 heterocycles. The zero-order valence-corrected chi connectivity index (χ0v) is 12.6. The van der Waals surface area contributed by atoms with Crippen LogP contribution in [0.5, 0.6) is 0 Å². The summed E-state index contributed by atoms with van der Waals surface area (Å²) in [5, 5.41) is 6.13. The molecule has 4 heteroatoms. The van der Waals surface area contributed by atoms with Crippen molar-refractivity contribution in [3.8, 4) is 0 Å². The van der Waals surface area contributed by atoms with Crippen molar-refractivity contribution in [3.05, 3.63) is 29.8 Å². The number of benzene rings is 1. The standard InChI is InChI=1S/C16H26N2O2/c1-3-5-12-20-13-11-18-16(19)14-6-8-15(9-7-14)17-10-4-2/h6-9,17H,3-5,10-13H2,1-2H3,(H,18,19). The summed E-state index contributed by atoms with van der Waals surface area (Å²) in [7, 11) is 0. The van der Waals surface area contributed by atoms with E-state index < -0.39 is 0 Å². The number of ether oxygens (including phenoxy) is 1. The summed E-state index contributed by atoms with van der Waals surface area (Å²) in [5.74, 6) is -0.0499. The van der Waals surface area contributed by atoms with Crippen LogP contribution < -0.4 is 10.6 Å². The van der Waals surface area contributed by atoms with Gasteiger partial charge in [0.1, 0.15) is 0 Å². The van der Waals surface area contributed by atoms with Crippen LogP contribution in [0.2, 0.25) is 0 Å². The molecule has 112 valence electrons. The smallest absolute Gasteiger partial charge is 0.251 e. The first-order valence-electron chi connectivity index (χ1n) is 7.47. The van der Waals surface area contributed by atoms with Gasteiger partial charge in [-0.1, -0.05) is 20.3 Å². The van der Waals surface area contributed by atoms with Crippen LogP contribution in [0.25, 0.3) is 0 Å². The highest BCUT2D eigenvalue weighted by Gasteiger charge is 2.04. The summed E-state index contributed by atoms with van der Waals surface area (Å²) in [4.78, 5) is 11.9. The van der Waals surface area contributed by atoms with Crippen LogP contribution in [0.1, 0.15) is 43.5 Å². The molecule has 0 aliphatic heterocycles. The molecule has 1 aromatic carbocycles. The van der Waals surface area contributed by atoms with E-state index >= 15 is 0 Å². The summed E-state index contributed by atoms with van der Waals surface area (Å²) in [6.07, 6.45) is 3.28. The summed E-state index contributed by atoms with van der Waals surface area (Å²) < 4.78 is 5.40. The highest BCUT2D eigenvalue weighted by atomic mass is 16.5. The molecule has 0 radical (unpaired) electrons. The molecule has 20 heavy (non-hydrogen) atoms. The van der Waals surface area contributed by atoms with Crippen molar-refractivity contribution in [1.29, 1.82) is 0 Å². The molecule has 2 N–H and O–H groups in total. The second-order valence-electron chi connectivity index (χ2n) is 4.73. The third-order valence-electron chi connectivity index (χ3n) is 2.90. The summed E-state index contributed by atoms with van der Waals surface area (Å²) in [6.45, 7) is 7.09. The summed E-state index contributed by atoms with van der Waals surface area (Å²) >= 11 is 0. The van der Waals surface area contributed by atoms with Crippen LogP contribution in [0.4, 0.5) is 5.69 Å². The number of nitrogens with one attached hydrogen (secondary N) is 2. The van der Waals surface area contributed by atoms with Gasteiger partial charge in [-0.2, -0.15) is 0 Å². The van der Waals surface area contributed by atoms with Crippen LogP contribution in [-0.4, -0.2) is 32.2 Å². The predicted octanol–water partition coefficient (Wildman–Crippen LogP) is 3.06. The van der Waals surface area contributed by atoms with Crippen LogP contribution in [0.15, 0.2) is 24.3 Å². The molecule has 0 spiro atoms. The minimum absolute atomic E-state index is 0.0499. The van der Waals surface area contributed by atoms with Crippen molar-refractivity contribution in [3.63, 3.8) is 0 Å². The molecular formula is C16H26N2O2. The number of rotatable bonds is 10. The quantitative estimate of drug-likeness (QED) is 0.647. The van der Waals surface area contributed by atoms with Crippen molar-refractivity contribution in [2.45, 2.75) is 33.1 Å². The van der Waals surface area contributed by atoms with E-state index in [1.54, 1.807) is 0 Å². The van der Waals surface area contributed by atoms with Gasteiger partial charge in [-0.15, -0.1) is 0 Å². The van der Waals surface area contributed by atoms with Gasteiger partial charge >= 0.3 is 0 Å². The minimum Gasteiger partial charge on any atom is -0.385 e. The van der Waals surface area contributed by atoms with Gasteiger partial charge in [0.05, 0.1) is 6.61 Å². The number of carbonyl (C=O) groups is 1. The molecular weight excluding hydrogens is 252 g/mol. The lowest BCUT2D eigenvalue weighted by atomic mass is 10.2. The first kappa shape index (κ1) is 16.5. The van der Waals surface area contributed by atoms with E-state index in [0.29, 0.717) is 18.7 Å². The van der Waals surface area contributed by atoms with Crippen molar-refractivity contribution in [2.24, 2.45) is 0 Å². The van der Waals surface area contributed by atoms with E-state index in [0.717, 1.165) is 38.1 Å². The van der Waals surface area contributed by atoms with Gasteiger partial charge in [0.25, 0.3) is 5.91 Å². The number of carbonyl (C=O) groups excluding carboxylic acids is 1. The number of anilines is 1. The average Bonchev–Trinajstić information content (AvgIpc) is 2.49. The maximum absolute atomic E-state index is 11.9. The molecule has 0 aliphatic carbocycles. The number of hydrogen-bond donors (Lipinski definition) is 2. The zero-order chi connectivity index (χ0) is 14.6. The molecule has 1 rings (SSSR count). The second-order valence-corrected chi connectivity index (χ2v) is 4.73. The van der Waals surface area contributed by atoms with E-state index in [9.17, 15) is 4.79 Å². The normalized spacial score (nSPS) is 10.3. The first-order chi connectivity index (χ1) is 9.77. The Bertz CT molecular complexity index is 377. The fourth-order valence-corrected chi connectivity index (χ4v) is 1.70. The zero-order valence-electron chi connectivity index (χ0n) is 12.6. The lowest BCUT2D eigenvalue weighted by Crippen LogP contribution is -2.27. The van der Waals surface area contributed by atoms with E-state index in [1.165, 1.54) is 0 Å². The molecule has 0 saturated carbocycles. The maximum Gasteiger partial charge on any atom is 0.251 e. The van der Waals surface area contributed by atoms with E-state index in [2.05, 4.69) is 24.5 Å². The molecule has 4 nitrogen and oxygen atoms in total. The molecule has 1 amide bonds. The Balaban J connectivity index is 2.25. The molecule has 0 saturated heterocycles. The first-order valence-corrected chi connectivity index (χ1v) is 7.47. The third kappa shape index (κ3) is 6.57. The van der Waals surface area contributed by atoms with Crippen LogP contribution in [0.3, 0.4) is 0 Å². The molecule has 0 unspecified atom stereocenters. The Kier molecular flexibility index (Phi) is 8.47. The molecule has 0 bridgehead atoms. The summed E-state index contributed by atoms with van der Waals surface area (Å²) in [6, 6.07) is 7.54. The largest absolute Gasteiger partial charge is 0.385 e. The highest BCUT2D eigenvalue weighted by molar-refractivity contribution is 5.94. The van der Waals surface area contributed by atoms with Gasteiger partial charge in [-0.25, -0.2) is 0 Å². The Morgan fingerprint density at radius 1 is 1.05 bits per heavy atom. The van der Waals surface area contributed by atoms with Crippen molar-refractivity contribution >= 4 is 11.6 Å². The molecule has 0 aromatic heterocycles. The Labute approximate surface area is 121 Å². The van der Waals surface area contributed by atoms with Gasteiger partial charge in [0.15, 0.2) is 0 Å². The number of amides is 1. The minimum atomic E-state index is -0.0499. The van der Waals surface area contributed by atoms with Crippen molar-refractivity contribution in [1.82, 2.24) is 5.32 Å². The van der Waals surface area contributed by atoms with Gasteiger partial charge in [0, 0.05) is 30.9 Å². The predicted molar refractivity (Wildman–Crippen MR) is 83.3 cm³/mol. The fourth-order valence-electron chi connectivity index (χ4n) is 1.70. The van der Waals surface area contributed by atoms with Gasteiger partial charge in [-0.05, 0) is 37.1 Å². The second kappa shape index (κ2) is 10.3. The van der Waals surface area contributed by atoms with E-state index in [4.69, 9.17) is 4.74 Å². The Morgan fingerprint density at radius 2 is 1.80 bits per heavy atom. The molecule has 0 fully saturated rings. The summed E-state index contributed by atoms with van der Waals surface area (Å²) in [5.41, 5.74) is 1.73. The van der Waals surface area contributed by atoms with E-state index in [1.807, 2.05) is 24.3 Å². The average molecular weight is 278 g/mol. The Morgan fingerprint density at radius 3 is 2.45 bits per heavy atom. The van der Waals surface area contributed by atoms with Gasteiger partial charge in [-0.3, -0.25) is 4.79 Å². The number of hydrogen-bond acceptors (Lipinski definition) is 3. The lowest BCUT2D eigenvalue weighted by Gasteiger charge is -2.08. The third-order valence-corrected chi connectivity index (χ3v) is 2.90. The molecule has 1 aromatic rings. The van der Waals surface area contributed by atoms with Crippen molar-refractivity contribution < 1.29 is 9.53 Å².